The summed E-state index contributed by atoms with van der Waals surface area (Å²) in [6.45, 7) is 5.39. The predicted octanol–water partition coefficient (Wildman–Crippen LogP) is 0.947. The minimum Gasteiger partial charge on any atom is -0.455 e. The van der Waals surface area contributed by atoms with Crippen LogP contribution in [0.4, 0.5) is 5.95 Å². The Hall–Kier alpha value is -1.52. The Kier molecular flexibility index (Phi) is 2.27. The molecule has 1 aromatic heterocycles. The van der Waals surface area contributed by atoms with Gasteiger partial charge in [-0.2, -0.15) is 0 Å². The third-order valence-corrected chi connectivity index (χ3v) is 1.21. The summed E-state index contributed by atoms with van der Waals surface area (Å²) in [5.41, 5.74) is 5.07. The van der Waals surface area contributed by atoms with Gasteiger partial charge in [-0.1, -0.05) is 0 Å². The Morgan fingerprint density at radius 1 is 1.62 bits per heavy atom. The molecule has 0 fully saturated rings. The van der Waals surface area contributed by atoms with Crippen molar-refractivity contribution in [2.24, 2.45) is 0 Å². The van der Waals surface area contributed by atoms with Crippen molar-refractivity contribution in [1.29, 1.82) is 0 Å². The highest BCUT2D eigenvalue weighted by Gasteiger charge is 2.18. The maximum Gasteiger partial charge on any atom is 0.356 e. The minimum absolute atomic E-state index is 0.209. The number of aromatic amines is 1. The van der Waals surface area contributed by atoms with Crippen LogP contribution in [-0.4, -0.2) is 21.5 Å². The van der Waals surface area contributed by atoms with Crippen LogP contribution in [0.15, 0.2) is 6.20 Å². The van der Waals surface area contributed by atoms with Gasteiger partial charge in [0, 0.05) is 0 Å². The monoisotopic (exact) mass is 183 g/mol. The largest absolute Gasteiger partial charge is 0.455 e. The molecule has 0 amide bonds. The van der Waals surface area contributed by atoms with Crippen LogP contribution < -0.4 is 5.73 Å². The van der Waals surface area contributed by atoms with Crippen LogP contribution in [-0.2, 0) is 4.74 Å². The number of nitrogen functional groups attached to an aromatic ring is 1. The molecule has 0 bridgehead atoms. The first-order valence-electron chi connectivity index (χ1n) is 3.92. The number of carbonyl (C=O) groups excluding carboxylic acids is 1. The molecular formula is C8H13N3O2. The van der Waals surface area contributed by atoms with Gasteiger partial charge in [0.25, 0.3) is 0 Å². The number of hydrogen-bond acceptors (Lipinski definition) is 4. The number of esters is 1. The molecule has 5 heteroatoms. The van der Waals surface area contributed by atoms with Crippen molar-refractivity contribution in [3.63, 3.8) is 0 Å². The predicted molar refractivity (Wildman–Crippen MR) is 48.2 cm³/mol. The van der Waals surface area contributed by atoms with E-state index in [1.54, 1.807) is 20.8 Å². The molecule has 0 unspecified atom stereocenters. The summed E-state index contributed by atoms with van der Waals surface area (Å²) in [5, 5.41) is 0. The average Bonchev–Trinajstić information content (AvgIpc) is 2.31. The maximum absolute atomic E-state index is 11.3. The van der Waals surface area contributed by atoms with Gasteiger partial charge in [0.2, 0.25) is 0 Å². The van der Waals surface area contributed by atoms with Crippen LogP contribution in [0.1, 0.15) is 31.3 Å². The number of hydrogen-bond donors (Lipinski definition) is 2. The SMILES string of the molecule is CC(C)(C)OC(=O)c1cnc(N)[nH]1. The fourth-order valence-electron chi connectivity index (χ4n) is 0.773. The van der Waals surface area contributed by atoms with Crippen LogP contribution in [0.2, 0.25) is 0 Å². The van der Waals surface area contributed by atoms with E-state index >= 15 is 0 Å². The first-order valence-corrected chi connectivity index (χ1v) is 3.92. The molecule has 1 rings (SSSR count). The fourth-order valence-corrected chi connectivity index (χ4v) is 0.773. The van der Waals surface area contributed by atoms with Crippen LogP contribution in [0, 0.1) is 0 Å². The van der Waals surface area contributed by atoms with Gasteiger partial charge in [0.1, 0.15) is 11.3 Å². The van der Waals surface area contributed by atoms with Gasteiger partial charge >= 0.3 is 5.97 Å². The van der Waals surface area contributed by atoms with Crippen molar-refractivity contribution in [1.82, 2.24) is 9.97 Å². The number of anilines is 1. The molecule has 0 radical (unpaired) electrons. The number of imidazole rings is 1. The first-order chi connectivity index (χ1) is 5.88. The molecule has 0 aromatic carbocycles. The van der Waals surface area contributed by atoms with Gasteiger partial charge in [-0.15, -0.1) is 0 Å². The molecule has 0 aliphatic heterocycles. The van der Waals surface area contributed by atoms with Crippen LogP contribution in [0.5, 0.6) is 0 Å². The van der Waals surface area contributed by atoms with E-state index in [0.29, 0.717) is 0 Å². The van der Waals surface area contributed by atoms with Gasteiger partial charge in [0.05, 0.1) is 6.20 Å². The summed E-state index contributed by atoms with van der Waals surface area (Å²) in [4.78, 5) is 17.6. The molecule has 0 saturated carbocycles. The summed E-state index contributed by atoms with van der Waals surface area (Å²) in [5.74, 6) is -0.238. The Labute approximate surface area is 76.3 Å². The van der Waals surface area contributed by atoms with Gasteiger partial charge in [0.15, 0.2) is 5.95 Å². The summed E-state index contributed by atoms with van der Waals surface area (Å²) >= 11 is 0. The van der Waals surface area contributed by atoms with E-state index in [9.17, 15) is 4.79 Å². The highest BCUT2D eigenvalue weighted by Crippen LogP contribution is 2.10. The molecule has 0 spiro atoms. The van der Waals surface area contributed by atoms with Crippen LogP contribution in [0.3, 0.4) is 0 Å². The van der Waals surface area contributed by atoms with E-state index in [2.05, 4.69) is 9.97 Å². The number of nitrogens with one attached hydrogen (secondary N) is 1. The number of aromatic nitrogens is 2. The zero-order chi connectivity index (χ0) is 10.1. The van der Waals surface area contributed by atoms with Gasteiger partial charge < -0.3 is 15.5 Å². The molecule has 5 nitrogen and oxygen atoms in total. The lowest BCUT2D eigenvalue weighted by molar-refractivity contribution is 0.00636. The zero-order valence-electron chi connectivity index (χ0n) is 7.92. The summed E-state index contributed by atoms with van der Waals surface area (Å²) in [7, 11) is 0. The van der Waals surface area contributed by atoms with E-state index in [0.717, 1.165) is 0 Å². The molecule has 0 atom stereocenters. The van der Waals surface area contributed by atoms with E-state index in [-0.39, 0.29) is 11.6 Å². The van der Waals surface area contributed by atoms with Gasteiger partial charge in [-0.05, 0) is 20.8 Å². The number of H-pyrrole nitrogens is 1. The highest BCUT2D eigenvalue weighted by atomic mass is 16.6. The van der Waals surface area contributed by atoms with E-state index in [1.807, 2.05) is 0 Å². The van der Waals surface area contributed by atoms with Crippen LogP contribution in [0.25, 0.3) is 0 Å². The summed E-state index contributed by atoms with van der Waals surface area (Å²) < 4.78 is 5.07. The molecule has 13 heavy (non-hydrogen) atoms. The topological polar surface area (TPSA) is 81.0 Å². The zero-order valence-corrected chi connectivity index (χ0v) is 7.92. The second-order valence-corrected chi connectivity index (χ2v) is 3.68. The van der Waals surface area contributed by atoms with Crippen molar-refractivity contribution in [3.8, 4) is 0 Å². The van der Waals surface area contributed by atoms with Crippen molar-refractivity contribution in [2.45, 2.75) is 26.4 Å². The summed E-state index contributed by atoms with van der Waals surface area (Å²) in [6, 6.07) is 0. The molecular weight excluding hydrogens is 170 g/mol. The van der Waals surface area contributed by atoms with E-state index < -0.39 is 11.6 Å². The van der Waals surface area contributed by atoms with Crippen LogP contribution >= 0.6 is 0 Å². The second-order valence-electron chi connectivity index (χ2n) is 3.68. The molecule has 0 aliphatic rings. The molecule has 1 heterocycles. The van der Waals surface area contributed by atoms with Crippen molar-refractivity contribution in [2.75, 3.05) is 5.73 Å². The normalized spacial score (nSPS) is 11.3. The molecule has 3 N–H and O–H groups in total. The summed E-state index contributed by atoms with van der Waals surface area (Å²) in [6.07, 6.45) is 1.35. The standard InChI is InChI=1S/C8H13N3O2/c1-8(2,3)13-6(12)5-4-10-7(9)11-5/h4H,1-3H3,(H3,9,10,11). The lowest BCUT2D eigenvalue weighted by atomic mass is 10.2. The smallest absolute Gasteiger partial charge is 0.356 e. The molecule has 72 valence electrons. The first kappa shape index (κ1) is 9.57. The van der Waals surface area contributed by atoms with Crippen molar-refractivity contribution >= 4 is 11.9 Å². The maximum atomic E-state index is 11.3. The number of ether oxygens (including phenoxy) is 1. The third-order valence-electron chi connectivity index (χ3n) is 1.21. The van der Waals surface area contributed by atoms with Crippen molar-refractivity contribution < 1.29 is 9.53 Å². The lowest BCUT2D eigenvalue weighted by Crippen LogP contribution is -2.24. The van der Waals surface area contributed by atoms with E-state index in [1.165, 1.54) is 6.20 Å². The second kappa shape index (κ2) is 3.08. The molecule has 1 aromatic rings. The third kappa shape index (κ3) is 2.77. The van der Waals surface area contributed by atoms with Gasteiger partial charge in [-0.3, -0.25) is 0 Å². The number of carbonyl (C=O) groups is 1. The Balaban J connectivity index is 2.70. The highest BCUT2D eigenvalue weighted by molar-refractivity contribution is 5.87. The number of nitrogens with zero attached hydrogens (tertiary/aromatic N) is 1. The Morgan fingerprint density at radius 3 is 2.62 bits per heavy atom. The lowest BCUT2D eigenvalue weighted by Gasteiger charge is -2.18. The molecule has 0 aliphatic carbocycles. The average molecular weight is 183 g/mol. The Bertz CT molecular complexity index is 311. The fraction of sp³-hybridized carbons (Fsp3) is 0.500. The van der Waals surface area contributed by atoms with E-state index in [4.69, 9.17) is 10.5 Å². The molecule has 0 saturated heterocycles. The van der Waals surface area contributed by atoms with Crippen molar-refractivity contribution in [3.05, 3.63) is 11.9 Å². The van der Waals surface area contributed by atoms with Gasteiger partial charge in [-0.25, -0.2) is 9.78 Å². The minimum atomic E-state index is -0.503. The number of nitrogens with two attached hydrogens (primary N) is 1. The quantitative estimate of drug-likeness (QED) is 0.635. The Morgan fingerprint density at radius 2 is 2.23 bits per heavy atom. The number of rotatable bonds is 1.